The van der Waals surface area contributed by atoms with Crippen molar-refractivity contribution in [3.63, 3.8) is 0 Å². The summed E-state index contributed by atoms with van der Waals surface area (Å²) in [6.45, 7) is 2.07. The lowest BCUT2D eigenvalue weighted by Crippen LogP contribution is -1.99. The number of carboxylic acid groups (broad SMARTS) is 1. The predicted octanol–water partition coefficient (Wildman–Crippen LogP) is 2.65. The van der Waals surface area contributed by atoms with Crippen LogP contribution >= 0.6 is 11.3 Å². The van der Waals surface area contributed by atoms with Crippen LogP contribution in [-0.2, 0) is 6.42 Å². The van der Waals surface area contributed by atoms with E-state index >= 15 is 0 Å². The van der Waals surface area contributed by atoms with E-state index in [1.54, 1.807) is 0 Å². The molecule has 4 nitrogen and oxygen atoms in total. The van der Waals surface area contributed by atoms with Gasteiger partial charge >= 0.3 is 5.97 Å². The number of rotatable bonds is 3. The largest absolute Gasteiger partial charge is 0.476 e. The van der Waals surface area contributed by atoms with Crippen molar-refractivity contribution in [2.75, 3.05) is 5.73 Å². The first kappa shape index (κ1) is 11.6. The number of hydrogen-bond donors (Lipinski definition) is 2. The summed E-state index contributed by atoms with van der Waals surface area (Å²) >= 11 is 1.20. The van der Waals surface area contributed by atoms with E-state index in [1.165, 1.54) is 16.9 Å². The van der Waals surface area contributed by atoms with Gasteiger partial charge in [0.05, 0.1) is 4.88 Å². The number of nitrogen functional groups attached to an aromatic ring is 1. The third-order valence-corrected chi connectivity index (χ3v) is 3.40. The molecule has 0 aliphatic heterocycles. The minimum Gasteiger partial charge on any atom is -0.476 e. The standard InChI is InChI=1S/C12H12N2O2S/c1-2-7-3-5-8(6-4-7)10-9(11(15)16)14-12(13)17-10/h3-6H,2H2,1H3,(H2,13,14)(H,15,16). The Hall–Kier alpha value is -1.88. The van der Waals surface area contributed by atoms with E-state index in [0.717, 1.165) is 12.0 Å². The second kappa shape index (κ2) is 4.55. The number of anilines is 1. The number of carboxylic acids is 1. The zero-order chi connectivity index (χ0) is 12.4. The zero-order valence-electron chi connectivity index (χ0n) is 9.30. The average Bonchev–Trinajstić information content (AvgIpc) is 2.72. The summed E-state index contributed by atoms with van der Waals surface area (Å²) in [5, 5.41) is 9.30. The summed E-state index contributed by atoms with van der Waals surface area (Å²) in [7, 11) is 0. The molecule has 0 aliphatic rings. The van der Waals surface area contributed by atoms with Crippen LogP contribution in [0.5, 0.6) is 0 Å². The van der Waals surface area contributed by atoms with E-state index < -0.39 is 5.97 Å². The molecule has 0 saturated heterocycles. The molecule has 0 saturated carbocycles. The summed E-state index contributed by atoms with van der Waals surface area (Å²) < 4.78 is 0. The van der Waals surface area contributed by atoms with Crippen LogP contribution in [0, 0.1) is 0 Å². The number of hydrogen-bond acceptors (Lipinski definition) is 4. The van der Waals surface area contributed by atoms with Gasteiger partial charge in [-0.25, -0.2) is 9.78 Å². The highest BCUT2D eigenvalue weighted by Crippen LogP contribution is 2.31. The van der Waals surface area contributed by atoms with Gasteiger partial charge in [0.15, 0.2) is 10.8 Å². The summed E-state index contributed by atoms with van der Waals surface area (Å²) in [6, 6.07) is 7.77. The molecule has 3 N–H and O–H groups in total. The van der Waals surface area contributed by atoms with Gasteiger partial charge in [-0.1, -0.05) is 42.5 Å². The summed E-state index contributed by atoms with van der Waals surface area (Å²) in [4.78, 5) is 15.5. The first-order valence-electron chi connectivity index (χ1n) is 5.20. The number of nitrogens with two attached hydrogens (primary N) is 1. The second-order valence-corrected chi connectivity index (χ2v) is 4.62. The molecule has 0 bridgehead atoms. The van der Waals surface area contributed by atoms with Crippen molar-refractivity contribution in [2.24, 2.45) is 0 Å². The number of carbonyl (C=O) groups is 1. The van der Waals surface area contributed by atoms with Gasteiger partial charge in [0.1, 0.15) is 0 Å². The van der Waals surface area contributed by atoms with Gasteiger partial charge < -0.3 is 10.8 Å². The number of aromatic carboxylic acids is 1. The Morgan fingerprint density at radius 2 is 2.06 bits per heavy atom. The zero-order valence-corrected chi connectivity index (χ0v) is 10.1. The monoisotopic (exact) mass is 248 g/mol. The Bertz CT molecular complexity index is 546. The van der Waals surface area contributed by atoms with Crippen LogP contribution in [0.2, 0.25) is 0 Å². The molecule has 2 aromatic rings. The van der Waals surface area contributed by atoms with Gasteiger partial charge in [0.25, 0.3) is 0 Å². The molecule has 0 spiro atoms. The van der Waals surface area contributed by atoms with Gasteiger partial charge in [-0.05, 0) is 17.5 Å². The quantitative estimate of drug-likeness (QED) is 0.875. The molecular formula is C12H12N2O2S. The Morgan fingerprint density at radius 3 is 2.59 bits per heavy atom. The molecular weight excluding hydrogens is 236 g/mol. The molecule has 88 valence electrons. The SMILES string of the molecule is CCc1ccc(-c2sc(N)nc2C(=O)O)cc1. The fraction of sp³-hybridized carbons (Fsp3) is 0.167. The Labute approximate surface area is 103 Å². The van der Waals surface area contributed by atoms with Gasteiger partial charge in [0, 0.05) is 0 Å². The summed E-state index contributed by atoms with van der Waals surface area (Å²) in [5.74, 6) is -1.05. The highest BCUT2D eigenvalue weighted by atomic mass is 32.1. The fourth-order valence-electron chi connectivity index (χ4n) is 1.57. The van der Waals surface area contributed by atoms with E-state index in [4.69, 9.17) is 10.8 Å². The van der Waals surface area contributed by atoms with Crippen molar-refractivity contribution in [2.45, 2.75) is 13.3 Å². The Balaban J connectivity index is 2.48. The van der Waals surface area contributed by atoms with Crippen LogP contribution in [0.1, 0.15) is 23.0 Å². The van der Waals surface area contributed by atoms with Crippen molar-refractivity contribution in [3.8, 4) is 10.4 Å². The van der Waals surface area contributed by atoms with Crippen molar-refractivity contribution in [1.82, 2.24) is 4.98 Å². The Kier molecular flexibility index (Phi) is 3.10. The van der Waals surface area contributed by atoms with Crippen molar-refractivity contribution in [1.29, 1.82) is 0 Å². The van der Waals surface area contributed by atoms with Gasteiger partial charge in [-0.15, -0.1) is 0 Å². The molecule has 17 heavy (non-hydrogen) atoms. The number of thiazole rings is 1. The predicted molar refractivity (Wildman–Crippen MR) is 68.3 cm³/mol. The normalized spacial score (nSPS) is 10.4. The van der Waals surface area contributed by atoms with Crippen LogP contribution in [-0.4, -0.2) is 16.1 Å². The van der Waals surface area contributed by atoms with Crippen LogP contribution in [0.25, 0.3) is 10.4 Å². The molecule has 0 amide bonds. The number of aryl methyl sites for hydroxylation is 1. The lowest BCUT2D eigenvalue weighted by molar-refractivity contribution is 0.0692. The van der Waals surface area contributed by atoms with Gasteiger partial charge in [-0.2, -0.15) is 0 Å². The third-order valence-electron chi connectivity index (χ3n) is 2.47. The van der Waals surface area contributed by atoms with Crippen LogP contribution in [0.3, 0.4) is 0 Å². The summed E-state index contributed by atoms with van der Waals surface area (Å²) in [5.41, 5.74) is 7.63. The lowest BCUT2D eigenvalue weighted by atomic mass is 10.1. The maximum Gasteiger partial charge on any atom is 0.356 e. The summed E-state index contributed by atoms with van der Waals surface area (Å²) in [6.07, 6.45) is 0.955. The third kappa shape index (κ3) is 2.29. The average molecular weight is 248 g/mol. The van der Waals surface area contributed by atoms with Crippen molar-refractivity contribution < 1.29 is 9.90 Å². The maximum absolute atomic E-state index is 11.0. The van der Waals surface area contributed by atoms with Crippen molar-refractivity contribution in [3.05, 3.63) is 35.5 Å². The van der Waals surface area contributed by atoms with E-state index in [1.807, 2.05) is 24.3 Å². The fourth-order valence-corrected chi connectivity index (χ4v) is 2.40. The lowest BCUT2D eigenvalue weighted by Gasteiger charge is -2.00. The molecule has 1 heterocycles. The van der Waals surface area contributed by atoms with Crippen LogP contribution in [0.4, 0.5) is 5.13 Å². The van der Waals surface area contributed by atoms with Crippen molar-refractivity contribution >= 4 is 22.4 Å². The van der Waals surface area contributed by atoms with Gasteiger partial charge in [-0.3, -0.25) is 0 Å². The molecule has 0 radical (unpaired) electrons. The molecule has 1 aromatic carbocycles. The maximum atomic E-state index is 11.0. The number of benzene rings is 1. The van der Waals surface area contributed by atoms with Crippen LogP contribution in [0.15, 0.2) is 24.3 Å². The molecule has 0 aliphatic carbocycles. The molecule has 0 atom stereocenters. The molecule has 5 heteroatoms. The van der Waals surface area contributed by atoms with E-state index in [9.17, 15) is 4.79 Å². The highest BCUT2D eigenvalue weighted by Gasteiger charge is 2.17. The van der Waals surface area contributed by atoms with E-state index in [0.29, 0.717) is 4.88 Å². The Morgan fingerprint density at radius 1 is 1.41 bits per heavy atom. The molecule has 0 unspecified atom stereocenters. The minimum absolute atomic E-state index is 0.0248. The number of aromatic nitrogens is 1. The van der Waals surface area contributed by atoms with Gasteiger partial charge in [0.2, 0.25) is 0 Å². The highest BCUT2D eigenvalue weighted by molar-refractivity contribution is 7.19. The number of nitrogens with zero attached hydrogens (tertiary/aromatic N) is 1. The first-order chi connectivity index (χ1) is 8.11. The van der Waals surface area contributed by atoms with E-state index in [-0.39, 0.29) is 10.8 Å². The topological polar surface area (TPSA) is 76.2 Å². The smallest absolute Gasteiger partial charge is 0.356 e. The molecule has 1 aromatic heterocycles. The molecule has 0 fully saturated rings. The first-order valence-corrected chi connectivity index (χ1v) is 6.02. The van der Waals surface area contributed by atoms with Crippen LogP contribution < -0.4 is 5.73 Å². The minimum atomic E-state index is -1.05. The second-order valence-electron chi connectivity index (χ2n) is 3.59. The van der Waals surface area contributed by atoms with E-state index in [2.05, 4.69) is 11.9 Å². The molecule has 2 rings (SSSR count).